The van der Waals surface area contributed by atoms with E-state index in [0.717, 1.165) is 0 Å². The maximum atomic E-state index is 11.4. The Morgan fingerprint density at radius 2 is 2.13 bits per heavy atom. The van der Waals surface area contributed by atoms with E-state index in [1.54, 1.807) is 18.2 Å². The number of carbonyl (C=O) groups is 1. The lowest BCUT2D eigenvalue weighted by Gasteiger charge is -2.01. The number of halogens is 1. The number of aliphatic imine (C=N–C) groups is 1. The molecule has 1 aromatic rings. The zero-order chi connectivity index (χ0) is 11.0. The fraction of sp³-hybridized carbons (Fsp3) is 0.273. The van der Waals surface area contributed by atoms with Crippen molar-refractivity contribution >= 4 is 23.5 Å². The number of hydrogen-bond donors (Lipinski definition) is 0. The smallest absolute Gasteiger partial charge is 0.345 e. The van der Waals surface area contributed by atoms with Crippen LogP contribution in [-0.4, -0.2) is 17.9 Å². The van der Waals surface area contributed by atoms with Crippen molar-refractivity contribution in [1.82, 2.24) is 0 Å². The highest BCUT2D eigenvalue weighted by Gasteiger charge is 2.29. The van der Waals surface area contributed by atoms with Gasteiger partial charge in [0.15, 0.2) is 0 Å². The molecule has 0 aliphatic carbocycles. The first-order valence-corrected chi connectivity index (χ1v) is 5.06. The van der Waals surface area contributed by atoms with E-state index >= 15 is 0 Å². The number of esters is 1. The van der Waals surface area contributed by atoms with Crippen LogP contribution in [0.5, 0.6) is 0 Å². The van der Waals surface area contributed by atoms with E-state index < -0.39 is 0 Å². The SMILES string of the molecule is CC(C)/N=C1/OC(=O)c2cccc(Cl)c21. The maximum Gasteiger partial charge on any atom is 0.345 e. The number of nitrogens with zero attached hydrogens (tertiary/aromatic N) is 1. The monoisotopic (exact) mass is 223 g/mol. The van der Waals surface area contributed by atoms with Crippen LogP contribution in [0.4, 0.5) is 0 Å². The van der Waals surface area contributed by atoms with Gasteiger partial charge >= 0.3 is 5.97 Å². The van der Waals surface area contributed by atoms with Gasteiger partial charge in [0.25, 0.3) is 0 Å². The Labute approximate surface area is 92.7 Å². The fourth-order valence-corrected chi connectivity index (χ4v) is 1.69. The van der Waals surface area contributed by atoms with E-state index in [1.165, 1.54) is 0 Å². The van der Waals surface area contributed by atoms with Gasteiger partial charge in [-0.3, -0.25) is 0 Å². The van der Waals surface area contributed by atoms with Crippen LogP contribution in [-0.2, 0) is 4.74 Å². The number of benzene rings is 1. The third-order valence-corrected chi connectivity index (χ3v) is 2.33. The van der Waals surface area contributed by atoms with E-state index in [-0.39, 0.29) is 12.0 Å². The van der Waals surface area contributed by atoms with Gasteiger partial charge in [0.05, 0.1) is 16.1 Å². The predicted octanol–water partition coefficient (Wildman–Crippen LogP) is 2.67. The van der Waals surface area contributed by atoms with Crippen molar-refractivity contribution in [3.63, 3.8) is 0 Å². The summed E-state index contributed by atoms with van der Waals surface area (Å²) in [7, 11) is 0. The van der Waals surface area contributed by atoms with Crippen LogP contribution in [0.25, 0.3) is 0 Å². The summed E-state index contributed by atoms with van der Waals surface area (Å²) in [5.74, 6) is -0.0532. The van der Waals surface area contributed by atoms with Crippen molar-refractivity contribution in [2.24, 2.45) is 4.99 Å². The third kappa shape index (κ3) is 1.75. The Bertz CT molecular complexity index is 452. The highest BCUT2D eigenvalue weighted by molar-refractivity contribution is 6.36. The van der Waals surface area contributed by atoms with E-state index in [1.807, 2.05) is 13.8 Å². The number of cyclic esters (lactones) is 1. The van der Waals surface area contributed by atoms with Gasteiger partial charge in [-0.1, -0.05) is 17.7 Å². The van der Waals surface area contributed by atoms with Crippen LogP contribution in [0.1, 0.15) is 29.8 Å². The second-order valence-electron chi connectivity index (χ2n) is 3.58. The second kappa shape index (κ2) is 3.66. The van der Waals surface area contributed by atoms with Crippen LogP contribution in [0.3, 0.4) is 0 Å². The van der Waals surface area contributed by atoms with Gasteiger partial charge in [-0.05, 0) is 26.0 Å². The summed E-state index contributed by atoms with van der Waals surface area (Å²) in [6.07, 6.45) is 0. The first-order valence-electron chi connectivity index (χ1n) is 4.68. The summed E-state index contributed by atoms with van der Waals surface area (Å²) < 4.78 is 5.05. The lowest BCUT2D eigenvalue weighted by atomic mass is 10.1. The predicted molar refractivity (Wildman–Crippen MR) is 58.5 cm³/mol. The molecule has 0 radical (unpaired) electrons. The summed E-state index contributed by atoms with van der Waals surface area (Å²) in [6.45, 7) is 3.82. The Balaban J connectivity index is 2.58. The molecule has 2 rings (SSSR count). The molecule has 3 nitrogen and oxygen atoms in total. The van der Waals surface area contributed by atoms with Gasteiger partial charge in [0.1, 0.15) is 0 Å². The standard InChI is InChI=1S/C11H10ClNO2/c1-6(2)13-10-9-7(11(14)15-10)4-3-5-8(9)12/h3-6H,1-2H3/b13-10+. The minimum absolute atomic E-state index is 0.0648. The van der Waals surface area contributed by atoms with Gasteiger partial charge < -0.3 is 4.74 Å². The van der Waals surface area contributed by atoms with Gasteiger partial charge in [0.2, 0.25) is 5.90 Å². The van der Waals surface area contributed by atoms with Crippen LogP contribution in [0.2, 0.25) is 5.02 Å². The van der Waals surface area contributed by atoms with Crippen molar-refractivity contribution < 1.29 is 9.53 Å². The molecule has 0 bridgehead atoms. The molecular formula is C11H10ClNO2. The molecule has 0 atom stereocenters. The first-order chi connectivity index (χ1) is 7.09. The lowest BCUT2D eigenvalue weighted by molar-refractivity contribution is 0.0736. The molecule has 1 aliphatic heterocycles. The molecule has 0 saturated carbocycles. The molecule has 0 saturated heterocycles. The van der Waals surface area contributed by atoms with Gasteiger partial charge in [-0.2, -0.15) is 0 Å². The second-order valence-corrected chi connectivity index (χ2v) is 3.99. The topological polar surface area (TPSA) is 38.7 Å². The number of fused-ring (bicyclic) bond motifs is 1. The van der Waals surface area contributed by atoms with Crippen molar-refractivity contribution in [3.8, 4) is 0 Å². The van der Waals surface area contributed by atoms with Crippen molar-refractivity contribution in [3.05, 3.63) is 34.3 Å². The van der Waals surface area contributed by atoms with E-state index in [4.69, 9.17) is 16.3 Å². The molecule has 0 fully saturated rings. The molecule has 0 N–H and O–H groups in total. The van der Waals surface area contributed by atoms with E-state index in [9.17, 15) is 4.79 Å². The number of ether oxygens (including phenoxy) is 1. The molecular weight excluding hydrogens is 214 g/mol. The molecule has 1 heterocycles. The lowest BCUT2D eigenvalue weighted by Crippen LogP contribution is -2.04. The van der Waals surface area contributed by atoms with Crippen LogP contribution >= 0.6 is 11.6 Å². The molecule has 0 aromatic heterocycles. The molecule has 0 amide bonds. The molecule has 4 heteroatoms. The third-order valence-electron chi connectivity index (χ3n) is 2.01. The zero-order valence-corrected chi connectivity index (χ0v) is 9.21. The fourth-order valence-electron chi connectivity index (χ4n) is 1.43. The summed E-state index contributed by atoms with van der Waals surface area (Å²) in [5, 5.41) is 0.498. The van der Waals surface area contributed by atoms with Gasteiger partial charge in [-0.25, -0.2) is 9.79 Å². The quantitative estimate of drug-likeness (QED) is 0.687. The average Bonchev–Trinajstić information content (AvgIpc) is 2.44. The molecule has 1 aromatic carbocycles. The molecule has 0 unspecified atom stereocenters. The molecule has 0 spiro atoms. The van der Waals surface area contributed by atoms with E-state index in [2.05, 4.69) is 4.99 Å². The normalized spacial score (nSPS) is 17.1. The Morgan fingerprint density at radius 1 is 1.40 bits per heavy atom. The number of hydrogen-bond acceptors (Lipinski definition) is 3. The van der Waals surface area contributed by atoms with E-state index in [0.29, 0.717) is 22.0 Å². The van der Waals surface area contributed by atoms with Crippen LogP contribution < -0.4 is 0 Å². The average molecular weight is 224 g/mol. The molecule has 78 valence electrons. The van der Waals surface area contributed by atoms with Crippen molar-refractivity contribution in [2.75, 3.05) is 0 Å². The van der Waals surface area contributed by atoms with Crippen LogP contribution in [0.15, 0.2) is 23.2 Å². The molecule has 15 heavy (non-hydrogen) atoms. The number of carbonyl (C=O) groups excluding carboxylic acids is 1. The molecule has 1 aliphatic rings. The summed E-state index contributed by atoms with van der Waals surface area (Å²) in [5.41, 5.74) is 1.10. The maximum absolute atomic E-state index is 11.4. The van der Waals surface area contributed by atoms with Crippen molar-refractivity contribution in [2.45, 2.75) is 19.9 Å². The number of rotatable bonds is 1. The van der Waals surface area contributed by atoms with Gasteiger partial charge in [-0.15, -0.1) is 0 Å². The van der Waals surface area contributed by atoms with Crippen molar-refractivity contribution in [1.29, 1.82) is 0 Å². The Kier molecular flexibility index (Phi) is 2.49. The van der Waals surface area contributed by atoms with Gasteiger partial charge in [0, 0.05) is 6.04 Å². The first kappa shape index (κ1) is 10.2. The zero-order valence-electron chi connectivity index (χ0n) is 8.45. The highest BCUT2D eigenvalue weighted by Crippen LogP contribution is 2.27. The Hall–Kier alpha value is -1.35. The van der Waals surface area contributed by atoms with Crippen LogP contribution in [0, 0.1) is 0 Å². The minimum atomic E-state index is -0.382. The largest absolute Gasteiger partial charge is 0.403 e. The summed E-state index contributed by atoms with van der Waals surface area (Å²) in [6, 6.07) is 5.20. The summed E-state index contributed by atoms with van der Waals surface area (Å²) >= 11 is 6.00. The summed E-state index contributed by atoms with van der Waals surface area (Å²) in [4.78, 5) is 15.7. The minimum Gasteiger partial charge on any atom is -0.403 e. The highest BCUT2D eigenvalue weighted by atomic mass is 35.5. The Morgan fingerprint density at radius 3 is 2.80 bits per heavy atom.